The SMILES string of the molecule is CSCC[C@H](NC(=O)c1oc2cc(-c3ccc(Cl)cc3)ccc2c1C)C(=O)O. The molecule has 0 unspecified atom stereocenters. The van der Waals surface area contributed by atoms with Crippen molar-refractivity contribution in [1.82, 2.24) is 5.32 Å². The van der Waals surface area contributed by atoms with Crippen molar-refractivity contribution in [2.24, 2.45) is 0 Å². The number of benzene rings is 2. The number of amides is 1. The van der Waals surface area contributed by atoms with E-state index in [1.807, 2.05) is 48.7 Å². The topological polar surface area (TPSA) is 79.5 Å². The van der Waals surface area contributed by atoms with Gasteiger partial charge in [-0.2, -0.15) is 11.8 Å². The van der Waals surface area contributed by atoms with Crippen LogP contribution in [0.2, 0.25) is 5.02 Å². The van der Waals surface area contributed by atoms with Gasteiger partial charge in [0.1, 0.15) is 11.6 Å². The minimum absolute atomic E-state index is 0.138. The molecule has 0 saturated carbocycles. The van der Waals surface area contributed by atoms with E-state index in [-0.39, 0.29) is 5.76 Å². The maximum atomic E-state index is 12.6. The van der Waals surface area contributed by atoms with Gasteiger partial charge in [-0.05, 0) is 54.7 Å². The number of fused-ring (bicyclic) bond motifs is 1. The van der Waals surface area contributed by atoms with E-state index >= 15 is 0 Å². The highest BCUT2D eigenvalue weighted by molar-refractivity contribution is 7.98. The number of carbonyl (C=O) groups is 2. The van der Waals surface area contributed by atoms with Gasteiger partial charge in [0, 0.05) is 16.0 Å². The largest absolute Gasteiger partial charge is 0.480 e. The predicted molar refractivity (Wildman–Crippen MR) is 113 cm³/mol. The molecule has 146 valence electrons. The Morgan fingerprint density at radius 1 is 1.18 bits per heavy atom. The monoisotopic (exact) mass is 417 g/mol. The van der Waals surface area contributed by atoms with Gasteiger partial charge in [0.25, 0.3) is 5.91 Å². The van der Waals surface area contributed by atoms with Crippen LogP contribution in [0.4, 0.5) is 0 Å². The first-order valence-electron chi connectivity index (χ1n) is 8.72. The number of carboxylic acid groups (broad SMARTS) is 1. The Balaban J connectivity index is 1.89. The Labute approximate surface area is 172 Å². The van der Waals surface area contributed by atoms with Crippen LogP contribution in [-0.4, -0.2) is 35.0 Å². The van der Waals surface area contributed by atoms with Crippen LogP contribution < -0.4 is 5.32 Å². The highest BCUT2D eigenvalue weighted by Gasteiger charge is 2.24. The van der Waals surface area contributed by atoms with Crippen LogP contribution in [0, 0.1) is 6.92 Å². The lowest BCUT2D eigenvalue weighted by molar-refractivity contribution is -0.139. The molecule has 0 saturated heterocycles. The third-order valence-corrected chi connectivity index (χ3v) is 5.43. The zero-order valence-electron chi connectivity index (χ0n) is 15.5. The molecule has 5 nitrogen and oxygen atoms in total. The van der Waals surface area contributed by atoms with Crippen molar-refractivity contribution in [3.05, 3.63) is 58.8 Å². The first kappa shape index (κ1) is 20.3. The number of rotatable bonds is 7. The average Bonchev–Trinajstić information content (AvgIpc) is 3.01. The van der Waals surface area contributed by atoms with Crippen molar-refractivity contribution in [2.75, 3.05) is 12.0 Å². The number of thioether (sulfide) groups is 1. The maximum Gasteiger partial charge on any atom is 0.326 e. The van der Waals surface area contributed by atoms with Crippen molar-refractivity contribution in [1.29, 1.82) is 0 Å². The van der Waals surface area contributed by atoms with Crippen LogP contribution >= 0.6 is 23.4 Å². The van der Waals surface area contributed by atoms with Gasteiger partial charge in [0.2, 0.25) is 0 Å². The summed E-state index contributed by atoms with van der Waals surface area (Å²) in [5.74, 6) is -0.795. The van der Waals surface area contributed by atoms with Crippen molar-refractivity contribution >= 4 is 46.2 Å². The summed E-state index contributed by atoms with van der Waals surface area (Å²) in [5, 5.41) is 13.4. The van der Waals surface area contributed by atoms with Gasteiger partial charge in [-0.15, -0.1) is 0 Å². The van der Waals surface area contributed by atoms with Gasteiger partial charge in [-0.1, -0.05) is 35.9 Å². The minimum atomic E-state index is -1.05. The Kier molecular flexibility index (Phi) is 6.31. The minimum Gasteiger partial charge on any atom is -0.480 e. The Bertz CT molecular complexity index is 1010. The standard InChI is InChI=1S/C21H20ClNO4S/c1-12-16-8-5-14(13-3-6-15(22)7-4-13)11-18(16)27-19(12)20(24)23-17(21(25)26)9-10-28-2/h3-8,11,17H,9-10H2,1-2H3,(H,23,24)(H,25,26)/t17-/m0/s1. The lowest BCUT2D eigenvalue weighted by Crippen LogP contribution is -2.41. The van der Waals surface area contributed by atoms with Crippen molar-refractivity contribution < 1.29 is 19.1 Å². The van der Waals surface area contributed by atoms with E-state index in [9.17, 15) is 14.7 Å². The zero-order valence-corrected chi connectivity index (χ0v) is 17.1. The van der Waals surface area contributed by atoms with Crippen LogP contribution in [0.25, 0.3) is 22.1 Å². The highest BCUT2D eigenvalue weighted by Crippen LogP contribution is 2.30. The molecule has 0 fully saturated rings. The van der Waals surface area contributed by atoms with Gasteiger partial charge in [0.05, 0.1) is 0 Å². The average molecular weight is 418 g/mol. The third-order valence-electron chi connectivity index (χ3n) is 4.54. The Morgan fingerprint density at radius 2 is 1.86 bits per heavy atom. The summed E-state index contributed by atoms with van der Waals surface area (Å²) in [5.41, 5.74) is 3.18. The van der Waals surface area contributed by atoms with Crippen LogP contribution in [0.5, 0.6) is 0 Å². The molecule has 1 aromatic heterocycles. The van der Waals surface area contributed by atoms with E-state index in [2.05, 4.69) is 5.32 Å². The predicted octanol–water partition coefficient (Wildman–Crippen LogP) is 5.00. The molecule has 3 rings (SSSR count). The molecule has 1 amide bonds. The number of carbonyl (C=O) groups excluding carboxylic acids is 1. The van der Waals surface area contributed by atoms with Gasteiger partial charge in [-0.25, -0.2) is 4.79 Å². The first-order valence-corrected chi connectivity index (χ1v) is 10.5. The molecule has 2 aromatic carbocycles. The summed E-state index contributed by atoms with van der Waals surface area (Å²) < 4.78 is 5.80. The van der Waals surface area contributed by atoms with Crippen molar-refractivity contribution in [2.45, 2.75) is 19.4 Å². The van der Waals surface area contributed by atoms with Gasteiger partial charge in [-0.3, -0.25) is 4.79 Å². The fourth-order valence-corrected chi connectivity index (χ4v) is 3.58. The van der Waals surface area contributed by atoms with Gasteiger partial charge >= 0.3 is 5.97 Å². The quantitative estimate of drug-likeness (QED) is 0.565. The summed E-state index contributed by atoms with van der Waals surface area (Å²) in [7, 11) is 0. The zero-order chi connectivity index (χ0) is 20.3. The third kappa shape index (κ3) is 4.34. The van der Waals surface area contributed by atoms with Gasteiger partial charge < -0.3 is 14.8 Å². The molecule has 1 atom stereocenters. The maximum absolute atomic E-state index is 12.6. The number of furan rings is 1. The number of aryl methyl sites for hydroxylation is 1. The van der Waals surface area contributed by atoms with Crippen LogP contribution in [0.3, 0.4) is 0 Å². The lowest BCUT2D eigenvalue weighted by Gasteiger charge is -2.13. The fourth-order valence-electron chi connectivity index (χ4n) is 2.98. The van der Waals surface area contributed by atoms with E-state index in [0.717, 1.165) is 16.5 Å². The molecule has 0 spiro atoms. The molecule has 0 radical (unpaired) electrons. The molecular formula is C21H20ClNO4S. The first-order chi connectivity index (χ1) is 13.4. The second-order valence-corrected chi connectivity index (χ2v) is 7.84. The van der Waals surface area contributed by atoms with E-state index in [0.29, 0.717) is 28.3 Å². The molecule has 0 aliphatic rings. The number of halogens is 1. The van der Waals surface area contributed by atoms with Crippen LogP contribution in [0.15, 0.2) is 46.9 Å². The number of hydrogen-bond acceptors (Lipinski definition) is 4. The molecule has 1 heterocycles. The smallest absolute Gasteiger partial charge is 0.326 e. The van der Waals surface area contributed by atoms with Crippen LogP contribution in [-0.2, 0) is 4.79 Å². The fraction of sp³-hybridized carbons (Fsp3) is 0.238. The van der Waals surface area contributed by atoms with E-state index in [1.165, 1.54) is 11.8 Å². The number of nitrogens with one attached hydrogen (secondary N) is 1. The molecule has 3 aromatic rings. The summed E-state index contributed by atoms with van der Waals surface area (Å²) in [6.45, 7) is 1.79. The molecule has 0 aliphatic heterocycles. The summed E-state index contributed by atoms with van der Waals surface area (Å²) in [6, 6.07) is 12.2. The summed E-state index contributed by atoms with van der Waals surface area (Å²) in [6.07, 6.45) is 2.24. The molecule has 0 bridgehead atoms. The summed E-state index contributed by atoms with van der Waals surface area (Å²) >= 11 is 7.47. The molecular weight excluding hydrogens is 398 g/mol. The van der Waals surface area contributed by atoms with Crippen molar-refractivity contribution in [3.8, 4) is 11.1 Å². The Morgan fingerprint density at radius 3 is 2.50 bits per heavy atom. The number of aliphatic carboxylic acids is 1. The van der Waals surface area contributed by atoms with E-state index in [4.69, 9.17) is 16.0 Å². The molecule has 7 heteroatoms. The summed E-state index contributed by atoms with van der Waals surface area (Å²) in [4.78, 5) is 24.0. The molecule has 2 N–H and O–H groups in total. The van der Waals surface area contributed by atoms with Crippen LogP contribution in [0.1, 0.15) is 22.5 Å². The lowest BCUT2D eigenvalue weighted by atomic mass is 10.0. The second kappa shape index (κ2) is 8.71. The molecule has 0 aliphatic carbocycles. The van der Waals surface area contributed by atoms with Crippen molar-refractivity contribution in [3.63, 3.8) is 0 Å². The second-order valence-electron chi connectivity index (χ2n) is 6.42. The normalized spacial score (nSPS) is 12.1. The number of carboxylic acids is 1. The number of hydrogen-bond donors (Lipinski definition) is 2. The van der Waals surface area contributed by atoms with Gasteiger partial charge in [0.15, 0.2) is 5.76 Å². The molecule has 28 heavy (non-hydrogen) atoms. The Hall–Kier alpha value is -2.44. The van der Waals surface area contributed by atoms with E-state index in [1.54, 1.807) is 6.92 Å². The van der Waals surface area contributed by atoms with E-state index < -0.39 is 17.9 Å². The highest BCUT2D eigenvalue weighted by atomic mass is 35.5.